The van der Waals surface area contributed by atoms with E-state index in [1.54, 1.807) is 13.4 Å². The maximum absolute atomic E-state index is 5.52. The second kappa shape index (κ2) is 15.1. The highest BCUT2D eigenvalue weighted by Gasteiger charge is 1.98. The van der Waals surface area contributed by atoms with Crippen molar-refractivity contribution in [2.45, 2.75) is 26.4 Å². The lowest BCUT2D eigenvalue weighted by atomic mass is 10.4. The molecule has 0 bridgehead atoms. The predicted molar refractivity (Wildman–Crippen MR) is 98.9 cm³/mol. The van der Waals surface area contributed by atoms with E-state index in [-0.39, 0.29) is 24.0 Å². The Bertz CT molecular complexity index is 372. The fourth-order valence-corrected chi connectivity index (χ4v) is 1.69. The van der Waals surface area contributed by atoms with E-state index in [4.69, 9.17) is 13.9 Å². The van der Waals surface area contributed by atoms with Crippen molar-refractivity contribution in [3.05, 3.63) is 24.2 Å². The quantitative estimate of drug-likeness (QED) is 0.247. The summed E-state index contributed by atoms with van der Waals surface area (Å²) in [5.41, 5.74) is 0. The molecule has 6 nitrogen and oxygen atoms in total. The van der Waals surface area contributed by atoms with Crippen LogP contribution in [0.1, 0.15) is 25.5 Å². The van der Waals surface area contributed by atoms with Gasteiger partial charge in [0.25, 0.3) is 0 Å². The summed E-state index contributed by atoms with van der Waals surface area (Å²) in [4.78, 5) is 4.47. The molecule has 0 aliphatic heterocycles. The van der Waals surface area contributed by atoms with Crippen molar-refractivity contribution in [3.63, 3.8) is 0 Å². The van der Waals surface area contributed by atoms with Gasteiger partial charge in [-0.15, -0.1) is 24.0 Å². The number of nitrogens with zero attached hydrogens (tertiary/aromatic N) is 1. The summed E-state index contributed by atoms with van der Waals surface area (Å²) in [6.45, 7) is 6.45. The third-order valence-corrected chi connectivity index (χ3v) is 2.70. The molecule has 0 saturated heterocycles. The molecule has 0 spiro atoms. The van der Waals surface area contributed by atoms with Gasteiger partial charge in [-0.05, 0) is 31.9 Å². The summed E-state index contributed by atoms with van der Waals surface area (Å²) in [5, 5.41) is 6.50. The third kappa shape index (κ3) is 10.9. The van der Waals surface area contributed by atoms with Gasteiger partial charge in [-0.25, -0.2) is 0 Å². The molecule has 2 N–H and O–H groups in total. The molecule has 1 aromatic heterocycles. The summed E-state index contributed by atoms with van der Waals surface area (Å²) in [7, 11) is 1.70. The molecule has 1 aromatic rings. The maximum atomic E-state index is 5.52. The average molecular weight is 425 g/mol. The highest BCUT2D eigenvalue weighted by molar-refractivity contribution is 14.0. The summed E-state index contributed by atoms with van der Waals surface area (Å²) < 4.78 is 15.7. The van der Waals surface area contributed by atoms with Crippen molar-refractivity contribution in [2.24, 2.45) is 4.99 Å². The van der Waals surface area contributed by atoms with E-state index in [1.165, 1.54) is 0 Å². The van der Waals surface area contributed by atoms with Gasteiger partial charge in [0.1, 0.15) is 12.4 Å². The lowest BCUT2D eigenvalue weighted by Gasteiger charge is -2.11. The molecule has 0 aliphatic carbocycles. The maximum Gasteiger partial charge on any atom is 0.191 e. The minimum absolute atomic E-state index is 0. The Balaban J connectivity index is 0.00000441. The van der Waals surface area contributed by atoms with Gasteiger partial charge in [0.15, 0.2) is 5.96 Å². The van der Waals surface area contributed by atoms with Crippen LogP contribution in [0.25, 0.3) is 0 Å². The predicted octanol–water partition coefficient (Wildman–Crippen LogP) is 2.40. The van der Waals surface area contributed by atoms with Crippen LogP contribution in [0.4, 0.5) is 0 Å². The molecular weight excluding hydrogens is 397 g/mol. The Morgan fingerprint density at radius 3 is 2.82 bits per heavy atom. The monoisotopic (exact) mass is 425 g/mol. The zero-order valence-corrected chi connectivity index (χ0v) is 15.8. The molecule has 0 radical (unpaired) electrons. The van der Waals surface area contributed by atoms with E-state index >= 15 is 0 Å². The zero-order chi connectivity index (χ0) is 15.2. The molecule has 0 fully saturated rings. The highest BCUT2D eigenvalue weighted by atomic mass is 127. The first-order chi connectivity index (χ1) is 10.4. The Morgan fingerprint density at radius 2 is 2.14 bits per heavy atom. The Labute approximate surface area is 150 Å². The Kier molecular flexibility index (Phi) is 14.6. The first-order valence-corrected chi connectivity index (χ1v) is 7.48. The number of rotatable bonds is 11. The van der Waals surface area contributed by atoms with Crippen molar-refractivity contribution in [2.75, 3.05) is 40.0 Å². The van der Waals surface area contributed by atoms with E-state index in [2.05, 4.69) is 22.5 Å². The summed E-state index contributed by atoms with van der Waals surface area (Å²) in [5.74, 6) is 1.70. The van der Waals surface area contributed by atoms with E-state index in [1.807, 2.05) is 12.1 Å². The van der Waals surface area contributed by atoms with Crippen LogP contribution < -0.4 is 10.6 Å². The van der Waals surface area contributed by atoms with Crippen LogP contribution in [0.5, 0.6) is 0 Å². The number of furan rings is 1. The van der Waals surface area contributed by atoms with Gasteiger partial charge < -0.3 is 24.5 Å². The molecule has 0 amide bonds. The summed E-state index contributed by atoms with van der Waals surface area (Å²) >= 11 is 0. The first kappa shape index (κ1) is 21.2. The van der Waals surface area contributed by atoms with E-state index in [0.717, 1.165) is 50.8 Å². The molecule has 0 atom stereocenters. The van der Waals surface area contributed by atoms with Crippen molar-refractivity contribution < 1.29 is 13.9 Å². The average Bonchev–Trinajstić information content (AvgIpc) is 3.00. The Morgan fingerprint density at radius 1 is 1.27 bits per heavy atom. The molecule has 128 valence electrons. The van der Waals surface area contributed by atoms with Gasteiger partial charge in [0.05, 0.1) is 6.26 Å². The van der Waals surface area contributed by atoms with Crippen LogP contribution >= 0.6 is 24.0 Å². The van der Waals surface area contributed by atoms with Crippen molar-refractivity contribution in [1.82, 2.24) is 10.6 Å². The molecule has 22 heavy (non-hydrogen) atoms. The number of halogens is 1. The van der Waals surface area contributed by atoms with E-state index in [9.17, 15) is 0 Å². The number of ether oxygens (including phenoxy) is 2. The SMILES string of the molecule is CCNC(=NCCCOC)NCCCOCc1ccco1.I. The second-order valence-corrected chi connectivity index (χ2v) is 4.52. The molecular formula is C15H28IN3O3. The largest absolute Gasteiger partial charge is 0.467 e. The fraction of sp³-hybridized carbons (Fsp3) is 0.667. The molecule has 0 saturated carbocycles. The minimum Gasteiger partial charge on any atom is -0.467 e. The van der Waals surface area contributed by atoms with Crippen LogP contribution in [0.3, 0.4) is 0 Å². The number of nitrogens with one attached hydrogen (secondary N) is 2. The molecule has 0 aromatic carbocycles. The molecule has 1 heterocycles. The molecule has 0 unspecified atom stereocenters. The Hall–Kier alpha value is -0.800. The second-order valence-electron chi connectivity index (χ2n) is 4.52. The third-order valence-electron chi connectivity index (χ3n) is 2.70. The number of hydrogen-bond acceptors (Lipinski definition) is 4. The summed E-state index contributed by atoms with van der Waals surface area (Å²) in [6, 6.07) is 3.77. The van der Waals surface area contributed by atoms with Crippen molar-refractivity contribution >= 4 is 29.9 Å². The van der Waals surface area contributed by atoms with Crippen LogP contribution in [0.15, 0.2) is 27.8 Å². The van der Waals surface area contributed by atoms with Gasteiger partial charge in [-0.2, -0.15) is 0 Å². The highest BCUT2D eigenvalue weighted by Crippen LogP contribution is 2.01. The molecule has 1 rings (SSSR count). The van der Waals surface area contributed by atoms with E-state index in [0.29, 0.717) is 13.2 Å². The summed E-state index contributed by atoms with van der Waals surface area (Å²) in [6.07, 6.45) is 3.51. The zero-order valence-electron chi connectivity index (χ0n) is 13.5. The number of methoxy groups -OCH3 is 1. The standard InChI is InChI=1S/C15H27N3O3.HI/c1-3-16-15(17-8-5-10-19-2)18-9-6-11-20-13-14-7-4-12-21-14;/h4,7,12H,3,5-6,8-11,13H2,1-2H3,(H2,16,17,18);1H. The van der Waals surface area contributed by atoms with Gasteiger partial charge in [0.2, 0.25) is 0 Å². The number of guanidine groups is 1. The minimum atomic E-state index is 0. The van der Waals surface area contributed by atoms with Crippen molar-refractivity contribution in [1.29, 1.82) is 0 Å². The lowest BCUT2D eigenvalue weighted by molar-refractivity contribution is 0.105. The van der Waals surface area contributed by atoms with Gasteiger partial charge >= 0.3 is 0 Å². The van der Waals surface area contributed by atoms with Crippen LogP contribution in [-0.2, 0) is 16.1 Å². The smallest absolute Gasteiger partial charge is 0.191 e. The van der Waals surface area contributed by atoms with Crippen LogP contribution in [-0.4, -0.2) is 45.9 Å². The van der Waals surface area contributed by atoms with E-state index < -0.39 is 0 Å². The van der Waals surface area contributed by atoms with Gasteiger partial charge in [0, 0.05) is 40.0 Å². The topological polar surface area (TPSA) is 68.0 Å². The van der Waals surface area contributed by atoms with Crippen LogP contribution in [0.2, 0.25) is 0 Å². The fourth-order valence-electron chi connectivity index (χ4n) is 1.69. The molecule has 0 aliphatic rings. The van der Waals surface area contributed by atoms with Crippen LogP contribution in [0, 0.1) is 0 Å². The normalized spacial score (nSPS) is 11.1. The first-order valence-electron chi connectivity index (χ1n) is 7.48. The lowest BCUT2D eigenvalue weighted by Crippen LogP contribution is -2.38. The number of hydrogen-bond donors (Lipinski definition) is 2. The van der Waals surface area contributed by atoms with Gasteiger partial charge in [-0.1, -0.05) is 0 Å². The van der Waals surface area contributed by atoms with Crippen molar-refractivity contribution in [3.8, 4) is 0 Å². The van der Waals surface area contributed by atoms with Gasteiger partial charge in [-0.3, -0.25) is 4.99 Å². The molecule has 7 heteroatoms. The number of aliphatic imine (C=N–C) groups is 1.